The third kappa shape index (κ3) is 30.5. The zero-order chi connectivity index (χ0) is 42.3. The molecule has 10 nitrogen and oxygen atoms in total. The number of ether oxygens (including phenoxy) is 4. The van der Waals surface area contributed by atoms with Gasteiger partial charge in [0, 0.05) is 12.8 Å². The molecule has 0 bridgehead atoms. The predicted octanol–water partition coefficient (Wildman–Crippen LogP) is 10.7. The third-order valence-corrected chi connectivity index (χ3v) is 11.4. The van der Waals surface area contributed by atoms with Crippen molar-refractivity contribution in [3.05, 3.63) is 12.2 Å². The average Bonchev–Trinajstić information content (AvgIpc) is 3.22. The Bertz CT molecular complexity index is 959. The van der Waals surface area contributed by atoms with Crippen LogP contribution in [0.25, 0.3) is 0 Å². The van der Waals surface area contributed by atoms with Crippen LogP contribution in [0.5, 0.6) is 0 Å². The topological polar surface area (TPSA) is 152 Å². The summed E-state index contributed by atoms with van der Waals surface area (Å²) >= 11 is 0. The smallest absolute Gasteiger partial charge is 0.306 e. The second-order valence-electron chi connectivity index (χ2n) is 16.9. The first kappa shape index (κ1) is 54.5. The van der Waals surface area contributed by atoms with Gasteiger partial charge in [-0.05, 0) is 32.1 Å². The van der Waals surface area contributed by atoms with E-state index >= 15 is 0 Å². The maximum atomic E-state index is 12.7. The summed E-state index contributed by atoms with van der Waals surface area (Å²) in [6.07, 6.45) is 35.2. The highest BCUT2D eigenvalue weighted by atomic mass is 16.7. The minimum Gasteiger partial charge on any atom is -0.462 e. The molecule has 1 heterocycles. The Morgan fingerprint density at radius 1 is 0.517 bits per heavy atom. The fraction of sp³-hybridized carbons (Fsp3) is 0.917. The molecule has 6 unspecified atom stereocenters. The van der Waals surface area contributed by atoms with Crippen molar-refractivity contribution in [1.82, 2.24) is 0 Å². The van der Waals surface area contributed by atoms with E-state index in [2.05, 4.69) is 26.0 Å². The molecule has 4 N–H and O–H groups in total. The molecule has 0 aromatic carbocycles. The van der Waals surface area contributed by atoms with E-state index in [1.165, 1.54) is 135 Å². The minimum atomic E-state index is -1.59. The maximum absolute atomic E-state index is 12.7. The Morgan fingerprint density at radius 2 is 0.931 bits per heavy atom. The van der Waals surface area contributed by atoms with Gasteiger partial charge in [0.15, 0.2) is 12.4 Å². The molecule has 1 aliphatic heterocycles. The first-order chi connectivity index (χ1) is 28.3. The van der Waals surface area contributed by atoms with Crippen LogP contribution in [0.3, 0.4) is 0 Å². The molecule has 0 aliphatic carbocycles. The number of allylic oxidation sites excluding steroid dienone is 2. The zero-order valence-corrected chi connectivity index (χ0v) is 37.3. The van der Waals surface area contributed by atoms with Gasteiger partial charge in [-0.1, -0.05) is 193 Å². The van der Waals surface area contributed by atoms with Crippen molar-refractivity contribution in [1.29, 1.82) is 0 Å². The van der Waals surface area contributed by atoms with E-state index in [4.69, 9.17) is 18.9 Å². The van der Waals surface area contributed by atoms with Crippen LogP contribution in [0.15, 0.2) is 12.2 Å². The predicted molar refractivity (Wildman–Crippen MR) is 233 cm³/mol. The molecular formula is C48H90O10. The highest BCUT2D eigenvalue weighted by molar-refractivity contribution is 5.70. The Balaban J connectivity index is 2.21. The van der Waals surface area contributed by atoms with Crippen LogP contribution in [0.1, 0.15) is 226 Å². The van der Waals surface area contributed by atoms with Crippen LogP contribution in [0.2, 0.25) is 0 Å². The number of rotatable bonds is 41. The number of carbonyl (C=O) groups excluding carboxylic acids is 2. The monoisotopic (exact) mass is 827 g/mol. The van der Waals surface area contributed by atoms with Crippen LogP contribution in [0.4, 0.5) is 0 Å². The Labute approximate surface area is 354 Å². The molecular weight excluding hydrogens is 737 g/mol. The summed E-state index contributed by atoms with van der Waals surface area (Å²) in [6, 6.07) is 0. The average molecular weight is 827 g/mol. The van der Waals surface area contributed by atoms with Crippen LogP contribution in [-0.4, -0.2) is 89.0 Å². The van der Waals surface area contributed by atoms with Crippen molar-refractivity contribution in [2.45, 2.75) is 263 Å². The maximum Gasteiger partial charge on any atom is 0.306 e. The summed E-state index contributed by atoms with van der Waals surface area (Å²) in [6.45, 7) is 3.40. The highest BCUT2D eigenvalue weighted by Gasteiger charge is 2.44. The van der Waals surface area contributed by atoms with Gasteiger partial charge in [-0.15, -0.1) is 0 Å². The van der Waals surface area contributed by atoms with Gasteiger partial charge in [-0.2, -0.15) is 0 Å². The van der Waals surface area contributed by atoms with Crippen LogP contribution in [0, 0.1) is 0 Å². The SMILES string of the molecule is CCCC/C=C\CCCCCCCC(=O)OC(COC(=O)CCCCCCCCCCCCCCCCCCCCCCCC)COC1OC(CO)C(O)C(O)C1O. The van der Waals surface area contributed by atoms with E-state index in [9.17, 15) is 30.0 Å². The molecule has 0 amide bonds. The summed E-state index contributed by atoms with van der Waals surface area (Å²) in [4.78, 5) is 25.3. The van der Waals surface area contributed by atoms with Crippen molar-refractivity contribution in [3.8, 4) is 0 Å². The number of carbonyl (C=O) groups is 2. The molecule has 1 aliphatic rings. The summed E-state index contributed by atoms with van der Waals surface area (Å²) in [5, 5.41) is 40.1. The molecule has 6 atom stereocenters. The van der Waals surface area contributed by atoms with E-state index in [1.807, 2.05) is 0 Å². The summed E-state index contributed by atoms with van der Waals surface area (Å²) in [5.41, 5.74) is 0. The lowest BCUT2D eigenvalue weighted by atomic mass is 9.99. The van der Waals surface area contributed by atoms with Gasteiger partial charge < -0.3 is 39.4 Å². The van der Waals surface area contributed by atoms with Crippen molar-refractivity contribution in [2.75, 3.05) is 19.8 Å². The first-order valence-electron chi connectivity index (χ1n) is 24.3. The lowest BCUT2D eigenvalue weighted by molar-refractivity contribution is -0.305. The zero-order valence-electron chi connectivity index (χ0n) is 37.3. The molecule has 1 rings (SSSR count). The van der Waals surface area contributed by atoms with Gasteiger partial charge in [0.2, 0.25) is 0 Å². The molecule has 342 valence electrons. The molecule has 0 saturated carbocycles. The molecule has 58 heavy (non-hydrogen) atoms. The second-order valence-corrected chi connectivity index (χ2v) is 16.9. The lowest BCUT2D eigenvalue weighted by Gasteiger charge is -2.39. The van der Waals surface area contributed by atoms with Crippen LogP contribution >= 0.6 is 0 Å². The van der Waals surface area contributed by atoms with Gasteiger partial charge >= 0.3 is 11.9 Å². The molecule has 1 saturated heterocycles. The van der Waals surface area contributed by atoms with Gasteiger partial charge in [-0.3, -0.25) is 9.59 Å². The first-order valence-corrected chi connectivity index (χ1v) is 24.3. The van der Waals surface area contributed by atoms with Crippen molar-refractivity contribution < 1.29 is 49.0 Å². The fourth-order valence-electron chi connectivity index (χ4n) is 7.52. The van der Waals surface area contributed by atoms with Crippen LogP contribution < -0.4 is 0 Å². The number of esters is 2. The number of hydrogen-bond donors (Lipinski definition) is 4. The third-order valence-electron chi connectivity index (χ3n) is 11.4. The fourth-order valence-corrected chi connectivity index (χ4v) is 7.52. The standard InChI is InChI=1S/C48H90O10/c1-3-5-7-9-11-13-15-16-17-18-19-20-21-22-23-24-25-27-28-30-32-34-36-43(50)55-39-41(40-56-48-47(54)46(53)45(52)42(38-49)58-48)57-44(51)37-35-33-31-29-26-14-12-10-8-6-4-2/h10,12,41-42,45-49,52-54H,3-9,11,13-40H2,1-2H3/b12-10-. The van der Waals surface area contributed by atoms with Crippen LogP contribution in [-0.2, 0) is 28.5 Å². The second kappa shape index (κ2) is 39.6. The van der Waals surface area contributed by atoms with Crippen molar-refractivity contribution >= 4 is 11.9 Å². The molecule has 0 aromatic rings. The normalized spacial score (nSPS) is 20.1. The molecule has 1 fully saturated rings. The summed E-state index contributed by atoms with van der Waals surface area (Å²) in [7, 11) is 0. The number of unbranched alkanes of at least 4 members (excludes halogenated alkanes) is 28. The van der Waals surface area contributed by atoms with Gasteiger partial charge in [-0.25, -0.2) is 0 Å². The largest absolute Gasteiger partial charge is 0.462 e. The molecule has 0 spiro atoms. The molecule has 0 aromatic heterocycles. The van der Waals surface area contributed by atoms with E-state index in [1.54, 1.807) is 0 Å². The Morgan fingerprint density at radius 3 is 1.40 bits per heavy atom. The van der Waals surface area contributed by atoms with Gasteiger partial charge in [0.1, 0.15) is 31.0 Å². The minimum absolute atomic E-state index is 0.215. The van der Waals surface area contributed by atoms with E-state index in [-0.39, 0.29) is 32.0 Å². The lowest BCUT2D eigenvalue weighted by Crippen LogP contribution is -2.59. The quantitative estimate of drug-likeness (QED) is 0.0266. The van der Waals surface area contributed by atoms with Crippen molar-refractivity contribution in [3.63, 3.8) is 0 Å². The van der Waals surface area contributed by atoms with Gasteiger partial charge in [0.25, 0.3) is 0 Å². The van der Waals surface area contributed by atoms with E-state index in [0.717, 1.165) is 57.8 Å². The molecule has 0 radical (unpaired) electrons. The Kier molecular flexibility index (Phi) is 37.2. The summed E-state index contributed by atoms with van der Waals surface area (Å²) < 4.78 is 22.2. The van der Waals surface area contributed by atoms with Crippen molar-refractivity contribution in [2.24, 2.45) is 0 Å². The van der Waals surface area contributed by atoms with E-state index < -0.39 is 49.4 Å². The Hall–Kier alpha value is -1.56. The van der Waals surface area contributed by atoms with Gasteiger partial charge in [0.05, 0.1) is 13.2 Å². The highest BCUT2D eigenvalue weighted by Crippen LogP contribution is 2.23. The van der Waals surface area contributed by atoms with E-state index in [0.29, 0.717) is 6.42 Å². The summed E-state index contributed by atoms with van der Waals surface area (Å²) in [5.74, 6) is -0.806. The number of hydrogen-bond acceptors (Lipinski definition) is 10. The number of aliphatic hydroxyl groups excluding tert-OH is 4. The molecule has 10 heteroatoms. The number of aliphatic hydroxyl groups is 4.